The number of fused-ring (bicyclic) bond motifs is 1. The molecule has 21 heavy (non-hydrogen) atoms. The molecular weight excluding hydrogens is 268 g/mol. The molecule has 5 heteroatoms. The lowest BCUT2D eigenvalue weighted by Crippen LogP contribution is -2.40. The van der Waals surface area contributed by atoms with Crippen molar-refractivity contribution in [3.05, 3.63) is 41.6 Å². The molecule has 0 fully saturated rings. The second kappa shape index (κ2) is 6.06. The lowest BCUT2D eigenvalue weighted by Gasteiger charge is -2.13. The van der Waals surface area contributed by atoms with Crippen LogP contribution in [0.1, 0.15) is 22.5 Å². The SMILES string of the molecule is C#CCC(NC(=O)c1cc(C)nc2ccccc12)C(=O)O. The molecule has 1 amide bonds. The number of nitrogens with zero attached hydrogens (tertiary/aromatic N) is 1. The molecule has 1 aromatic heterocycles. The Bertz CT molecular complexity index is 747. The predicted octanol–water partition coefficient (Wildman–Crippen LogP) is 1.75. The second-order valence-electron chi connectivity index (χ2n) is 4.60. The first kappa shape index (κ1) is 14.5. The van der Waals surface area contributed by atoms with Gasteiger partial charge in [-0.25, -0.2) is 4.79 Å². The molecule has 0 aliphatic heterocycles. The van der Waals surface area contributed by atoms with Gasteiger partial charge in [-0.05, 0) is 19.1 Å². The lowest BCUT2D eigenvalue weighted by atomic mass is 10.1. The molecule has 106 valence electrons. The van der Waals surface area contributed by atoms with E-state index in [1.165, 1.54) is 0 Å². The fourth-order valence-electron chi connectivity index (χ4n) is 2.05. The highest BCUT2D eigenvalue weighted by atomic mass is 16.4. The zero-order valence-corrected chi connectivity index (χ0v) is 11.5. The molecule has 0 bridgehead atoms. The molecular formula is C16H14N2O3. The number of carboxylic acids is 1. The summed E-state index contributed by atoms with van der Waals surface area (Å²) < 4.78 is 0. The minimum Gasteiger partial charge on any atom is -0.480 e. The average Bonchev–Trinajstić information content (AvgIpc) is 2.45. The Balaban J connectivity index is 2.39. The Hall–Kier alpha value is -2.87. The Morgan fingerprint density at radius 2 is 2.14 bits per heavy atom. The van der Waals surface area contributed by atoms with Gasteiger partial charge >= 0.3 is 5.97 Å². The normalized spacial score (nSPS) is 11.6. The molecule has 0 spiro atoms. The van der Waals surface area contributed by atoms with E-state index in [0.29, 0.717) is 22.2 Å². The number of benzene rings is 1. The van der Waals surface area contributed by atoms with Gasteiger partial charge in [-0.1, -0.05) is 18.2 Å². The fraction of sp³-hybridized carbons (Fsp3) is 0.188. The summed E-state index contributed by atoms with van der Waals surface area (Å²) in [5.41, 5.74) is 1.76. The van der Waals surface area contributed by atoms with Crippen LogP contribution in [0.5, 0.6) is 0 Å². The first-order chi connectivity index (χ1) is 10.0. The van der Waals surface area contributed by atoms with E-state index in [1.54, 1.807) is 31.2 Å². The van der Waals surface area contributed by atoms with Crippen molar-refractivity contribution in [2.75, 3.05) is 0 Å². The van der Waals surface area contributed by atoms with Gasteiger partial charge in [0, 0.05) is 17.5 Å². The molecule has 1 heterocycles. The van der Waals surface area contributed by atoms with Crippen molar-refractivity contribution in [3.63, 3.8) is 0 Å². The predicted molar refractivity (Wildman–Crippen MR) is 78.8 cm³/mol. The molecule has 1 aromatic carbocycles. The number of amides is 1. The van der Waals surface area contributed by atoms with Crippen molar-refractivity contribution in [1.29, 1.82) is 0 Å². The van der Waals surface area contributed by atoms with Crippen LogP contribution in [-0.2, 0) is 4.79 Å². The molecule has 2 N–H and O–H groups in total. The number of carbonyl (C=O) groups excluding carboxylic acids is 1. The third-order valence-corrected chi connectivity index (χ3v) is 3.01. The van der Waals surface area contributed by atoms with Gasteiger partial charge in [-0.2, -0.15) is 0 Å². The van der Waals surface area contributed by atoms with Crippen molar-refractivity contribution in [1.82, 2.24) is 10.3 Å². The van der Waals surface area contributed by atoms with Gasteiger partial charge in [-0.15, -0.1) is 12.3 Å². The van der Waals surface area contributed by atoms with E-state index in [-0.39, 0.29) is 6.42 Å². The molecule has 1 unspecified atom stereocenters. The number of hydrogen-bond acceptors (Lipinski definition) is 3. The molecule has 2 rings (SSSR count). The van der Waals surface area contributed by atoms with E-state index in [2.05, 4.69) is 16.2 Å². The monoisotopic (exact) mass is 282 g/mol. The van der Waals surface area contributed by atoms with Gasteiger partial charge in [-0.3, -0.25) is 9.78 Å². The molecule has 5 nitrogen and oxygen atoms in total. The van der Waals surface area contributed by atoms with Crippen LogP contribution >= 0.6 is 0 Å². The number of aromatic nitrogens is 1. The quantitative estimate of drug-likeness (QED) is 0.837. The van der Waals surface area contributed by atoms with Crippen LogP contribution in [0, 0.1) is 19.3 Å². The van der Waals surface area contributed by atoms with E-state index in [9.17, 15) is 9.59 Å². The summed E-state index contributed by atoms with van der Waals surface area (Å²) >= 11 is 0. The van der Waals surface area contributed by atoms with Crippen molar-refractivity contribution in [3.8, 4) is 12.3 Å². The van der Waals surface area contributed by atoms with Crippen LogP contribution in [0.2, 0.25) is 0 Å². The average molecular weight is 282 g/mol. The van der Waals surface area contributed by atoms with Crippen LogP contribution in [0.3, 0.4) is 0 Å². The van der Waals surface area contributed by atoms with Crippen molar-refractivity contribution in [2.24, 2.45) is 0 Å². The summed E-state index contributed by atoms with van der Waals surface area (Å²) in [6, 6.07) is 7.73. The zero-order valence-electron chi connectivity index (χ0n) is 11.5. The molecule has 0 saturated heterocycles. The van der Waals surface area contributed by atoms with E-state index >= 15 is 0 Å². The van der Waals surface area contributed by atoms with Crippen LogP contribution in [0.4, 0.5) is 0 Å². The van der Waals surface area contributed by atoms with Crippen molar-refractivity contribution < 1.29 is 14.7 Å². The topological polar surface area (TPSA) is 79.3 Å². The number of hydrogen-bond donors (Lipinski definition) is 2. The Morgan fingerprint density at radius 3 is 2.81 bits per heavy atom. The number of carbonyl (C=O) groups is 2. The van der Waals surface area contributed by atoms with Gasteiger partial charge < -0.3 is 10.4 Å². The van der Waals surface area contributed by atoms with Crippen molar-refractivity contribution in [2.45, 2.75) is 19.4 Å². The molecule has 2 aromatic rings. The van der Waals surface area contributed by atoms with E-state index < -0.39 is 17.9 Å². The third-order valence-electron chi connectivity index (χ3n) is 3.01. The standard InChI is InChI=1S/C16H14N2O3/c1-3-6-14(16(20)21)18-15(19)12-9-10(2)17-13-8-5-4-7-11(12)13/h1,4-5,7-9,14H,6H2,2H3,(H,18,19)(H,20,21). The summed E-state index contributed by atoms with van der Waals surface area (Å²) in [5.74, 6) is 0.618. The first-order valence-corrected chi connectivity index (χ1v) is 6.36. The van der Waals surface area contributed by atoms with E-state index in [0.717, 1.165) is 0 Å². The van der Waals surface area contributed by atoms with Crippen molar-refractivity contribution >= 4 is 22.8 Å². The van der Waals surface area contributed by atoms with Crippen LogP contribution in [0.15, 0.2) is 30.3 Å². The number of rotatable bonds is 4. The maximum Gasteiger partial charge on any atom is 0.327 e. The van der Waals surface area contributed by atoms with E-state index in [1.807, 2.05) is 6.07 Å². The van der Waals surface area contributed by atoms with Gasteiger partial charge in [0.1, 0.15) is 6.04 Å². The van der Waals surface area contributed by atoms with Gasteiger partial charge in [0.25, 0.3) is 5.91 Å². The summed E-state index contributed by atoms with van der Waals surface area (Å²) in [7, 11) is 0. The summed E-state index contributed by atoms with van der Waals surface area (Å²) in [6.45, 7) is 1.78. The summed E-state index contributed by atoms with van der Waals surface area (Å²) in [4.78, 5) is 27.7. The minimum absolute atomic E-state index is 0.0664. The van der Waals surface area contributed by atoms with Gasteiger partial charge in [0.2, 0.25) is 0 Å². The Kier molecular flexibility index (Phi) is 4.19. The van der Waals surface area contributed by atoms with E-state index in [4.69, 9.17) is 11.5 Å². The third kappa shape index (κ3) is 3.18. The molecule has 0 radical (unpaired) electrons. The summed E-state index contributed by atoms with van der Waals surface area (Å²) in [5, 5.41) is 12.2. The number of terminal acetylenes is 1. The molecule has 0 aliphatic carbocycles. The fourth-order valence-corrected chi connectivity index (χ4v) is 2.05. The number of para-hydroxylation sites is 1. The highest BCUT2D eigenvalue weighted by Gasteiger charge is 2.21. The van der Waals surface area contributed by atoms with Crippen LogP contribution in [-0.4, -0.2) is 28.0 Å². The maximum atomic E-state index is 12.3. The van der Waals surface area contributed by atoms with Crippen LogP contribution < -0.4 is 5.32 Å². The Labute approximate surface area is 122 Å². The first-order valence-electron chi connectivity index (χ1n) is 6.36. The number of aryl methyl sites for hydroxylation is 1. The molecule has 0 saturated carbocycles. The summed E-state index contributed by atoms with van der Waals surface area (Å²) in [6.07, 6.45) is 5.06. The minimum atomic E-state index is -1.16. The highest BCUT2D eigenvalue weighted by Crippen LogP contribution is 2.18. The lowest BCUT2D eigenvalue weighted by molar-refractivity contribution is -0.139. The number of pyridine rings is 1. The van der Waals surface area contributed by atoms with Crippen LogP contribution in [0.25, 0.3) is 10.9 Å². The smallest absolute Gasteiger partial charge is 0.327 e. The highest BCUT2D eigenvalue weighted by molar-refractivity contribution is 6.07. The largest absolute Gasteiger partial charge is 0.480 e. The number of carboxylic acid groups (broad SMARTS) is 1. The maximum absolute atomic E-state index is 12.3. The number of aliphatic carboxylic acids is 1. The zero-order chi connectivity index (χ0) is 15.4. The van der Waals surface area contributed by atoms with Gasteiger partial charge in [0.05, 0.1) is 11.1 Å². The van der Waals surface area contributed by atoms with Gasteiger partial charge in [0.15, 0.2) is 0 Å². The molecule has 0 aliphatic rings. The Morgan fingerprint density at radius 1 is 1.43 bits per heavy atom. The number of nitrogens with one attached hydrogen (secondary N) is 1. The second-order valence-corrected chi connectivity index (χ2v) is 4.60. The molecule has 1 atom stereocenters.